The molecule has 96 valence electrons. The van der Waals surface area contributed by atoms with Gasteiger partial charge in [-0.3, -0.25) is 4.79 Å². The summed E-state index contributed by atoms with van der Waals surface area (Å²) in [6.45, 7) is 1.71. The maximum atomic E-state index is 13.9. The predicted octanol–water partition coefficient (Wildman–Crippen LogP) is 3.02. The fourth-order valence-corrected chi connectivity index (χ4v) is 2.15. The van der Waals surface area contributed by atoms with Gasteiger partial charge in [-0.2, -0.15) is 5.26 Å². The molecule has 0 saturated carbocycles. The Labute approximate surface area is 114 Å². The van der Waals surface area contributed by atoms with Gasteiger partial charge < -0.3 is 4.57 Å². The van der Waals surface area contributed by atoms with Gasteiger partial charge in [-0.05, 0) is 25.1 Å². The highest BCUT2D eigenvalue weighted by Gasteiger charge is 2.17. The van der Waals surface area contributed by atoms with Crippen molar-refractivity contribution in [3.8, 4) is 17.2 Å². The van der Waals surface area contributed by atoms with Gasteiger partial charge in [0.05, 0.1) is 5.02 Å². The van der Waals surface area contributed by atoms with Gasteiger partial charge in [-0.25, -0.2) is 4.39 Å². The van der Waals surface area contributed by atoms with E-state index in [0.29, 0.717) is 5.69 Å². The molecule has 0 aliphatic carbocycles. The molecule has 0 radical (unpaired) electrons. The first-order valence-electron chi connectivity index (χ1n) is 5.52. The zero-order chi connectivity index (χ0) is 14.2. The molecule has 0 fully saturated rings. The second-order valence-corrected chi connectivity index (χ2v) is 4.55. The molecule has 5 heteroatoms. The molecule has 0 N–H and O–H groups in total. The first kappa shape index (κ1) is 13.3. The van der Waals surface area contributed by atoms with E-state index in [1.165, 1.54) is 22.8 Å². The Hall–Kier alpha value is -2.12. The highest BCUT2D eigenvalue weighted by molar-refractivity contribution is 6.33. The Balaban J connectivity index is 2.92. The minimum Gasteiger partial charge on any atom is -0.315 e. The summed E-state index contributed by atoms with van der Waals surface area (Å²) in [5, 5.41) is 9.30. The van der Waals surface area contributed by atoms with Gasteiger partial charge in [0.25, 0.3) is 5.56 Å². The second kappa shape index (κ2) is 4.87. The van der Waals surface area contributed by atoms with Crippen LogP contribution in [0.5, 0.6) is 0 Å². The molecular formula is C14H10ClFN2O. The number of hydrogen-bond donors (Lipinski definition) is 0. The van der Waals surface area contributed by atoms with E-state index < -0.39 is 11.4 Å². The van der Waals surface area contributed by atoms with Gasteiger partial charge in [0.2, 0.25) is 0 Å². The quantitative estimate of drug-likeness (QED) is 0.804. The molecule has 1 heterocycles. The van der Waals surface area contributed by atoms with Gasteiger partial charge in [-0.1, -0.05) is 17.7 Å². The summed E-state index contributed by atoms with van der Waals surface area (Å²) >= 11 is 5.98. The molecule has 1 aromatic heterocycles. The molecule has 19 heavy (non-hydrogen) atoms. The number of pyridine rings is 1. The van der Waals surface area contributed by atoms with Gasteiger partial charge >= 0.3 is 0 Å². The summed E-state index contributed by atoms with van der Waals surface area (Å²) in [6, 6.07) is 7.65. The summed E-state index contributed by atoms with van der Waals surface area (Å²) in [7, 11) is 1.56. The summed E-state index contributed by atoms with van der Waals surface area (Å²) in [6.07, 6.45) is 0. The van der Waals surface area contributed by atoms with Crippen molar-refractivity contribution in [2.45, 2.75) is 6.92 Å². The van der Waals surface area contributed by atoms with Gasteiger partial charge in [0.1, 0.15) is 17.4 Å². The first-order chi connectivity index (χ1) is 8.97. The van der Waals surface area contributed by atoms with Crippen LogP contribution in [0.25, 0.3) is 11.1 Å². The van der Waals surface area contributed by atoms with E-state index in [-0.39, 0.29) is 21.7 Å². The normalized spacial score (nSPS) is 10.3. The molecule has 0 atom stereocenters. The number of rotatable bonds is 1. The van der Waals surface area contributed by atoms with Crippen LogP contribution in [-0.2, 0) is 7.05 Å². The van der Waals surface area contributed by atoms with E-state index in [1.54, 1.807) is 20.0 Å². The Morgan fingerprint density at radius 1 is 1.42 bits per heavy atom. The van der Waals surface area contributed by atoms with Crippen molar-refractivity contribution in [2.75, 3.05) is 0 Å². The molecule has 0 saturated heterocycles. The standard InChI is InChI=1S/C14H10ClFN2O/c1-8-6-9(10(7-17)14(19)18(8)2)13-11(15)4-3-5-12(13)16/h3-6H,1-2H3. The number of benzene rings is 1. The minimum atomic E-state index is -0.559. The number of halogens is 2. The van der Waals surface area contributed by atoms with Gasteiger partial charge in [0, 0.05) is 23.9 Å². The van der Waals surface area contributed by atoms with Crippen LogP contribution in [0.3, 0.4) is 0 Å². The zero-order valence-electron chi connectivity index (χ0n) is 10.4. The number of aromatic nitrogens is 1. The highest BCUT2D eigenvalue weighted by Crippen LogP contribution is 2.32. The van der Waals surface area contributed by atoms with Crippen molar-refractivity contribution >= 4 is 11.6 Å². The summed E-state index contributed by atoms with van der Waals surface area (Å²) < 4.78 is 15.3. The van der Waals surface area contributed by atoms with Crippen LogP contribution >= 0.6 is 11.6 Å². The molecule has 0 aliphatic heterocycles. The van der Waals surface area contributed by atoms with Gasteiger partial charge in [0.15, 0.2) is 0 Å². The lowest BCUT2D eigenvalue weighted by atomic mass is 10.00. The molecule has 0 spiro atoms. The lowest BCUT2D eigenvalue weighted by molar-refractivity contribution is 0.631. The third kappa shape index (κ3) is 2.13. The largest absolute Gasteiger partial charge is 0.315 e. The minimum absolute atomic E-state index is 0.0847. The van der Waals surface area contributed by atoms with Crippen molar-refractivity contribution in [1.82, 2.24) is 4.57 Å². The van der Waals surface area contributed by atoms with Crippen LogP contribution in [0.4, 0.5) is 4.39 Å². The Bertz CT molecular complexity index is 739. The molecule has 0 aliphatic rings. The molecule has 3 nitrogen and oxygen atoms in total. The molecule has 1 aromatic carbocycles. The van der Waals surface area contributed by atoms with E-state index in [9.17, 15) is 9.18 Å². The number of hydrogen-bond acceptors (Lipinski definition) is 2. The van der Waals surface area contributed by atoms with Crippen molar-refractivity contribution < 1.29 is 4.39 Å². The van der Waals surface area contributed by atoms with E-state index in [4.69, 9.17) is 16.9 Å². The summed E-state index contributed by atoms with van der Waals surface area (Å²) in [4.78, 5) is 12.0. The number of nitrogens with zero attached hydrogens (tertiary/aromatic N) is 2. The summed E-state index contributed by atoms with van der Waals surface area (Å²) in [5.74, 6) is -0.559. The van der Waals surface area contributed by atoms with Crippen LogP contribution in [0.15, 0.2) is 29.1 Å². The Morgan fingerprint density at radius 3 is 2.68 bits per heavy atom. The van der Waals surface area contributed by atoms with Crippen molar-refractivity contribution in [3.63, 3.8) is 0 Å². The third-order valence-corrected chi connectivity index (χ3v) is 3.33. The topological polar surface area (TPSA) is 45.8 Å². The molecule has 0 amide bonds. The third-order valence-electron chi connectivity index (χ3n) is 3.01. The Morgan fingerprint density at radius 2 is 2.11 bits per heavy atom. The average molecular weight is 277 g/mol. The average Bonchev–Trinajstić information content (AvgIpc) is 2.36. The van der Waals surface area contributed by atoms with Crippen molar-refractivity contribution in [1.29, 1.82) is 5.26 Å². The van der Waals surface area contributed by atoms with Crippen LogP contribution in [0.1, 0.15) is 11.3 Å². The fourth-order valence-electron chi connectivity index (χ4n) is 1.88. The molecule has 2 rings (SSSR count). The van der Waals surface area contributed by atoms with Crippen LogP contribution in [0, 0.1) is 24.1 Å². The number of nitriles is 1. The van der Waals surface area contributed by atoms with E-state index in [2.05, 4.69) is 0 Å². The second-order valence-electron chi connectivity index (χ2n) is 4.15. The Kier molecular flexibility index (Phi) is 3.41. The van der Waals surface area contributed by atoms with Crippen LogP contribution < -0.4 is 5.56 Å². The van der Waals surface area contributed by atoms with Crippen LogP contribution in [0.2, 0.25) is 5.02 Å². The van der Waals surface area contributed by atoms with E-state index in [1.807, 2.05) is 6.07 Å². The molecule has 0 unspecified atom stereocenters. The van der Waals surface area contributed by atoms with Gasteiger partial charge in [-0.15, -0.1) is 0 Å². The first-order valence-corrected chi connectivity index (χ1v) is 5.90. The fraction of sp³-hybridized carbons (Fsp3) is 0.143. The zero-order valence-corrected chi connectivity index (χ0v) is 11.1. The van der Waals surface area contributed by atoms with Crippen molar-refractivity contribution in [2.24, 2.45) is 7.05 Å². The van der Waals surface area contributed by atoms with Crippen molar-refractivity contribution in [3.05, 3.63) is 56.7 Å². The van der Waals surface area contributed by atoms with Crippen LogP contribution in [-0.4, -0.2) is 4.57 Å². The highest BCUT2D eigenvalue weighted by atomic mass is 35.5. The maximum absolute atomic E-state index is 13.9. The summed E-state index contributed by atoms with van der Waals surface area (Å²) in [5.41, 5.74) is 0.364. The molecule has 0 bridgehead atoms. The smallest absolute Gasteiger partial charge is 0.269 e. The van der Waals surface area contributed by atoms with E-state index >= 15 is 0 Å². The van der Waals surface area contributed by atoms with E-state index in [0.717, 1.165) is 0 Å². The lowest BCUT2D eigenvalue weighted by Gasteiger charge is -2.11. The SMILES string of the molecule is Cc1cc(-c2c(F)cccc2Cl)c(C#N)c(=O)n1C. The monoisotopic (exact) mass is 276 g/mol. The predicted molar refractivity (Wildman–Crippen MR) is 71.5 cm³/mol. The molecular weight excluding hydrogens is 267 g/mol. The lowest BCUT2D eigenvalue weighted by Crippen LogP contribution is -2.22. The number of aryl methyl sites for hydroxylation is 1. The molecule has 2 aromatic rings. The maximum Gasteiger partial charge on any atom is 0.269 e.